The molecule has 0 radical (unpaired) electrons. The molecule has 0 aliphatic carbocycles. The standard InChI is InChI=1S/C15H13Cl3O3S/c1-10-7-8-13(22(19,20)21)12(9-10)14(15(16,17)18)11-5-3-2-4-6-11/h2-9,14H,1H3,(H,19,20,21). The largest absolute Gasteiger partial charge is 0.294 e. The lowest BCUT2D eigenvalue weighted by Gasteiger charge is -2.27. The molecule has 0 aliphatic rings. The summed E-state index contributed by atoms with van der Waals surface area (Å²) in [6, 6.07) is 13.3. The summed E-state index contributed by atoms with van der Waals surface area (Å²) < 4.78 is 31.0. The minimum atomic E-state index is -4.44. The molecule has 118 valence electrons. The molecule has 1 unspecified atom stereocenters. The van der Waals surface area contributed by atoms with Gasteiger partial charge in [0.15, 0.2) is 0 Å². The Hall–Kier alpha value is -0.780. The highest BCUT2D eigenvalue weighted by Crippen LogP contribution is 2.47. The number of hydrogen-bond acceptors (Lipinski definition) is 2. The number of benzene rings is 2. The van der Waals surface area contributed by atoms with Crippen LogP contribution in [0.4, 0.5) is 0 Å². The predicted octanol–water partition coefficient (Wildman–Crippen LogP) is 4.74. The number of halogens is 3. The molecule has 2 aromatic carbocycles. The Morgan fingerprint density at radius 3 is 2.14 bits per heavy atom. The third kappa shape index (κ3) is 3.94. The summed E-state index contributed by atoms with van der Waals surface area (Å²) in [6.07, 6.45) is 0. The predicted molar refractivity (Wildman–Crippen MR) is 89.6 cm³/mol. The van der Waals surface area contributed by atoms with Crippen LogP contribution in [0.5, 0.6) is 0 Å². The average molecular weight is 380 g/mol. The summed E-state index contributed by atoms with van der Waals surface area (Å²) in [5, 5.41) is 0. The van der Waals surface area contributed by atoms with Crippen molar-refractivity contribution in [1.29, 1.82) is 0 Å². The first-order valence-electron chi connectivity index (χ1n) is 6.30. The molecule has 0 fully saturated rings. The van der Waals surface area contributed by atoms with Gasteiger partial charge in [-0.3, -0.25) is 4.55 Å². The van der Waals surface area contributed by atoms with Crippen LogP contribution in [0.1, 0.15) is 22.6 Å². The molecule has 0 spiro atoms. The molecule has 0 saturated carbocycles. The van der Waals surface area contributed by atoms with Crippen molar-refractivity contribution in [2.45, 2.75) is 21.5 Å². The van der Waals surface area contributed by atoms with E-state index in [1.807, 2.05) is 0 Å². The van der Waals surface area contributed by atoms with E-state index in [0.717, 1.165) is 5.56 Å². The molecule has 0 bridgehead atoms. The minimum absolute atomic E-state index is 0.244. The number of hydrogen-bond donors (Lipinski definition) is 1. The van der Waals surface area contributed by atoms with Crippen molar-refractivity contribution in [3.8, 4) is 0 Å². The molecule has 3 nitrogen and oxygen atoms in total. The lowest BCUT2D eigenvalue weighted by Crippen LogP contribution is -2.21. The summed E-state index contributed by atoms with van der Waals surface area (Å²) in [5.41, 5.74) is 1.67. The Morgan fingerprint density at radius 2 is 1.64 bits per heavy atom. The first-order valence-corrected chi connectivity index (χ1v) is 8.88. The fraction of sp³-hybridized carbons (Fsp3) is 0.200. The molecule has 2 rings (SSSR count). The Labute approximate surface area is 144 Å². The molecule has 1 atom stereocenters. The zero-order valence-corrected chi connectivity index (χ0v) is 14.6. The van der Waals surface area contributed by atoms with Crippen molar-refractivity contribution >= 4 is 44.9 Å². The molecule has 22 heavy (non-hydrogen) atoms. The molecule has 0 heterocycles. The molecule has 7 heteroatoms. The Bertz CT molecular complexity index is 768. The lowest BCUT2D eigenvalue weighted by atomic mass is 9.91. The van der Waals surface area contributed by atoms with Gasteiger partial charge in [-0.05, 0) is 24.1 Å². The molecule has 1 N–H and O–H groups in total. The van der Waals surface area contributed by atoms with E-state index in [4.69, 9.17) is 34.8 Å². The van der Waals surface area contributed by atoms with E-state index in [1.54, 1.807) is 49.4 Å². The van der Waals surface area contributed by atoms with E-state index in [1.165, 1.54) is 6.07 Å². The van der Waals surface area contributed by atoms with Gasteiger partial charge in [0.2, 0.25) is 3.79 Å². The van der Waals surface area contributed by atoms with Crippen LogP contribution in [0.15, 0.2) is 53.4 Å². The fourth-order valence-corrected chi connectivity index (χ4v) is 3.76. The molecule has 2 aromatic rings. The molecule has 0 saturated heterocycles. The highest BCUT2D eigenvalue weighted by atomic mass is 35.6. The van der Waals surface area contributed by atoms with Gasteiger partial charge in [-0.1, -0.05) is 82.8 Å². The van der Waals surface area contributed by atoms with E-state index in [-0.39, 0.29) is 10.5 Å². The van der Waals surface area contributed by atoms with Crippen molar-refractivity contribution in [3.63, 3.8) is 0 Å². The van der Waals surface area contributed by atoms with E-state index in [0.29, 0.717) is 5.56 Å². The van der Waals surface area contributed by atoms with Gasteiger partial charge in [-0.2, -0.15) is 8.42 Å². The van der Waals surface area contributed by atoms with Gasteiger partial charge in [-0.25, -0.2) is 0 Å². The van der Waals surface area contributed by atoms with E-state index < -0.39 is 19.8 Å². The zero-order chi connectivity index (χ0) is 16.5. The number of alkyl halides is 3. The van der Waals surface area contributed by atoms with Crippen LogP contribution in [-0.2, 0) is 10.1 Å². The van der Waals surface area contributed by atoms with Crippen molar-refractivity contribution in [1.82, 2.24) is 0 Å². The second-order valence-electron chi connectivity index (χ2n) is 4.90. The van der Waals surface area contributed by atoms with E-state index in [9.17, 15) is 13.0 Å². The molecular weight excluding hydrogens is 367 g/mol. The lowest BCUT2D eigenvalue weighted by molar-refractivity contribution is 0.481. The van der Waals surface area contributed by atoms with E-state index >= 15 is 0 Å². The monoisotopic (exact) mass is 378 g/mol. The van der Waals surface area contributed by atoms with Crippen LogP contribution >= 0.6 is 34.8 Å². The summed E-state index contributed by atoms with van der Waals surface area (Å²) in [4.78, 5) is -0.265. The number of aryl methyl sites for hydroxylation is 1. The van der Waals surface area contributed by atoms with Crippen LogP contribution in [0.2, 0.25) is 0 Å². The smallest absolute Gasteiger partial charge is 0.282 e. The fourth-order valence-electron chi connectivity index (χ4n) is 2.32. The van der Waals surface area contributed by atoms with Gasteiger partial charge in [0, 0.05) is 0 Å². The first-order chi connectivity index (χ1) is 10.1. The summed E-state index contributed by atoms with van der Waals surface area (Å²) in [7, 11) is -4.44. The highest BCUT2D eigenvalue weighted by Gasteiger charge is 2.38. The second kappa shape index (κ2) is 6.38. The third-order valence-electron chi connectivity index (χ3n) is 3.21. The van der Waals surface area contributed by atoms with Gasteiger partial charge in [0.25, 0.3) is 10.1 Å². The minimum Gasteiger partial charge on any atom is -0.282 e. The van der Waals surface area contributed by atoms with Gasteiger partial charge in [-0.15, -0.1) is 0 Å². The van der Waals surface area contributed by atoms with Crippen LogP contribution in [-0.4, -0.2) is 16.8 Å². The Kier molecular flexibility index (Phi) is 5.09. The maximum atomic E-state index is 11.7. The molecule has 0 amide bonds. The van der Waals surface area contributed by atoms with Gasteiger partial charge < -0.3 is 0 Å². The Morgan fingerprint density at radius 1 is 1.05 bits per heavy atom. The van der Waals surface area contributed by atoms with E-state index in [2.05, 4.69) is 0 Å². The van der Waals surface area contributed by atoms with Gasteiger partial charge in [0.05, 0.1) is 10.8 Å². The molecule has 0 aromatic heterocycles. The van der Waals surface area contributed by atoms with Crippen LogP contribution in [0.3, 0.4) is 0 Å². The van der Waals surface area contributed by atoms with Crippen molar-refractivity contribution < 1.29 is 13.0 Å². The SMILES string of the molecule is Cc1ccc(S(=O)(=O)O)c(C(c2ccccc2)C(Cl)(Cl)Cl)c1. The highest BCUT2D eigenvalue weighted by molar-refractivity contribution is 7.85. The molecule has 0 aliphatic heterocycles. The third-order valence-corrected chi connectivity index (χ3v) is 4.80. The first kappa shape index (κ1) is 17.6. The maximum Gasteiger partial charge on any atom is 0.294 e. The normalized spacial score (nSPS) is 13.9. The summed E-state index contributed by atoms with van der Waals surface area (Å²) in [5.74, 6) is -0.837. The summed E-state index contributed by atoms with van der Waals surface area (Å²) >= 11 is 18.3. The Balaban J connectivity index is 2.76. The molecular formula is C15H13Cl3O3S. The van der Waals surface area contributed by atoms with Crippen LogP contribution in [0, 0.1) is 6.92 Å². The quantitative estimate of drug-likeness (QED) is 0.619. The topological polar surface area (TPSA) is 54.4 Å². The van der Waals surface area contributed by atoms with Crippen molar-refractivity contribution in [3.05, 3.63) is 65.2 Å². The van der Waals surface area contributed by atoms with Crippen LogP contribution < -0.4 is 0 Å². The van der Waals surface area contributed by atoms with Gasteiger partial charge >= 0.3 is 0 Å². The van der Waals surface area contributed by atoms with Crippen LogP contribution in [0.25, 0.3) is 0 Å². The van der Waals surface area contributed by atoms with Gasteiger partial charge in [0.1, 0.15) is 0 Å². The van der Waals surface area contributed by atoms with Crippen molar-refractivity contribution in [2.24, 2.45) is 0 Å². The average Bonchev–Trinajstić information content (AvgIpc) is 2.37. The maximum absolute atomic E-state index is 11.7. The summed E-state index contributed by atoms with van der Waals surface area (Å²) in [6.45, 7) is 1.79. The van der Waals surface area contributed by atoms with Crippen molar-refractivity contribution in [2.75, 3.05) is 0 Å². The number of rotatable bonds is 3. The second-order valence-corrected chi connectivity index (χ2v) is 8.66. The zero-order valence-electron chi connectivity index (χ0n) is 11.5.